The van der Waals surface area contributed by atoms with Crippen molar-refractivity contribution >= 4 is 21.6 Å². The van der Waals surface area contributed by atoms with E-state index in [1.165, 1.54) is 23.5 Å². The Balaban J connectivity index is 2.13. The Hall–Kier alpha value is -2.21. The molecule has 1 N–H and O–H groups in total. The topological polar surface area (TPSA) is 54.9 Å². The molecule has 4 nitrogen and oxygen atoms in total. The van der Waals surface area contributed by atoms with Gasteiger partial charge in [0.1, 0.15) is 10.6 Å². The predicted octanol–water partition coefficient (Wildman–Crippen LogP) is 2.25. The van der Waals surface area contributed by atoms with Gasteiger partial charge in [0.2, 0.25) is 0 Å². The Kier molecular flexibility index (Phi) is 3.02. The van der Waals surface area contributed by atoms with Gasteiger partial charge in [0.05, 0.1) is 11.9 Å². The first-order valence-electron chi connectivity index (χ1n) is 6.02. The highest BCUT2D eigenvalue weighted by Crippen LogP contribution is 2.18. The molecule has 0 saturated carbocycles. The van der Waals surface area contributed by atoms with Crippen LogP contribution in [0.1, 0.15) is 10.4 Å². The number of thiophene rings is 1. The van der Waals surface area contributed by atoms with E-state index in [0.717, 1.165) is 9.44 Å². The third kappa shape index (κ3) is 2.18. The third-order valence-corrected chi connectivity index (χ3v) is 4.02. The van der Waals surface area contributed by atoms with E-state index < -0.39 is 5.69 Å². The number of nitrogens with zero attached hydrogens (tertiary/aromatic N) is 1. The summed E-state index contributed by atoms with van der Waals surface area (Å²) < 4.78 is 14.0. The van der Waals surface area contributed by atoms with Crippen molar-refractivity contribution in [1.29, 1.82) is 0 Å². The van der Waals surface area contributed by atoms with Crippen molar-refractivity contribution in [3.8, 4) is 0 Å². The molecule has 0 radical (unpaired) electrons. The van der Waals surface area contributed by atoms with Crippen molar-refractivity contribution in [2.24, 2.45) is 0 Å². The van der Waals surface area contributed by atoms with Crippen LogP contribution in [0, 0.1) is 12.7 Å². The Morgan fingerprint density at radius 3 is 2.65 bits per heavy atom. The second-order valence-corrected chi connectivity index (χ2v) is 5.80. The van der Waals surface area contributed by atoms with Gasteiger partial charge in [-0.3, -0.25) is 14.3 Å². The second kappa shape index (κ2) is 4.72. The van der Waals surface area contributed by atoms with Gasteiger partial charge in [0, 0.05) is 4.88 Å². The molecule has 6 heteroatoms. The number of aryl methyl sites for hydroxylation is 1. The zero-order valence-electron chi connectivity index (χ0n) is 10.6. The van der Waals surface area contributed by atoms with Crippen molar-refractivity contribution in [2.75, 3.05) is 0 Å². The number of hydrogen-bond acceptors (Lipinski definition) is 3. The minimum absolute atomic E-state index is 0.124. The van der Waals surface area contributed by atoms with Crippen molar-refractivity contribution in [3.05, 3.63) is 67.4 Å². The van der Waals surface area contributed by atoms with Crippen LogP contribution in [0.15, 0.2) is 39.9 Å². The first-order valence-corrected chi connectivity index (χ1v) is 6.84. The minimum atomic E-state index is -0.450. The van der Waals surface area contributed by atoms with E-state index in [2.05, 4.69) is 4.98 Å². The molecule has 0 atom stereocenters. The van der Waals surface area contributed by atoms with E-state index in [4.69, 9.17) is 0 Å². The van der Waals surface area contributed by atoms with Crippen molar-refractivity contribution in [3.63, 3.8) is 0 Å². The van der Waals surface area contributed by atoms with Gasteiger partial charge in [0.15, 0.2) is 0 Å². The van der Waals surface area contributed by atoms with Gasteiger partial charge in [0.25, 0.3) is 5.56 Å². The average Bonchev–Trinajstić information content (AvgIpc) is 2.77. The number of aromatic nitrogens is 2. The van der Waals surface area contributed by atoms with Crippen LogP contribution in [0.25, 0.3) is 10.2 Å². The van der Waals surface area contributed by atoms with Crippen LogP contribution < -0.4 is 11.2 Å². The number of hydrogen-bond donors (Lipinski definition) is 1. The van der Waals surface area contributed by atoms with Gasteiger partial charge < -0.3 is 0 Å². The number of aromatic amines is 1. The summed E-state index contributed by atoms with van der Waals surface area (Å²) in [5.74, 6) is -0.348. The maximum absolute atomic E-state index is 12.9. The highest BCUT2D eigenvalue weighted by Gasteiger charge is 2.10. The molecule has 0 saturated heterocycles. The Morgan fingerprint density at radius 2 is 1.95 bits per heavy atom. The molecule has 0 unspecified atom stereocenters. The fraction of sp³-hybridized carbons (Fsp3) is 0.143. The normalized spacial score (nSPS) is 11.1. The maximum atomic E-state index is 12.9. The van der Waals surface area contributed by atoms with Crippen molar-refractivity contribution < 1.29 is 4.39 Å². The van der Waals surface area contributed by atoms with E-state index in [1.807, 2.05) is 6.92 Å². The molecule has 2 heterocycles. The minimum Gasteiger partial charge on any atom is -0.298 e. The number of benzene rings is 1. The summed E-state index contributed by atoms with van der Waals surface area (Å²) in [5.41, 5.74) is -0.0728. The van der Waals surface area contributed by atoms with Gasteiger partial charge in [-0.1, -0.05) is 12.1 Å². The molecule has 102 valence electrons. The number of halogens is 1. The van der Waals surface area contributed by atoms with Crippen LogP contribution in [0.3, 0.4) is 0 Å². The summed E-state index contributed by atoms with van der Waals surface area (Å²) in [6.45, 7) is 2.01. The van der Waals surface area contributed by atoms with E-state index in [-0.39, 0.29) is 17.9 Å². The Labute approximate surface area is 117 Å². The number of nitrogens with one attached hydrogen (secondary N) is 1. The van der Waals surface area contributed by atoms with Crippen molar-refractivity contribution in [2.45, 2.75) is 13.5 Å². The number of fused-ring (bicyclic) bond motifs is 1. The van der Waals surface area contributed by atoms with Gasteiger partial charge >= 0.3 is 5.69 Å². The van der Waals surface area contributed by atoms with Gasteiger partial charge in [-0.15, -0.1) is 11.3 Å². The van der Waals surface area contributed by atoms with Gasteiger partial charge in [-0.2, -0.15) is 0 Å². The summed E-state index contributed by atoms with van der Waals surface area (Å²) in [5, 5.41) is 0.509. The largest absolute Gasteiger partial charge is 0.329 e. The van der Waals surface area contributed by atoms with E-state index in [1.54, 1.807) is 18.2 Å². The lowest BCUT2D eigenvalue weighted by Crippen LogP contribution is -2.34. The number of H-pyrrole nitrogens is 1. The van der Waals surface area contributed by atoms with Crippen LogP contribution in [-0.4, -0.2) is 9.55 Å². The molecule has 3 rings (SSSR count). The first-order chi connectivity index (χ1) is 9.54. The molecule has 0 aliphatic carbocycles. The lowest BCUT2D eigenvalue weighted by Gasteiger charge is -2.04. The molecule has 1 aromatic carbocycles. The quantitative estimate of drug-likeness (QED) is 0.787. The van der Waals surface area contributed by atoms with Gasteiger partial charge in [-0.25, -0.2) is 9.18 Å². The summed E-state index contributed by atoms with van der Waals surface area (Å²) in [6, 6.07) is 7.50. The lowest BCUT2D eigenvalue weighted by molar-refractivity contribution is 0.625. The SMILES string of the molecule is Cc1cc2c(=O)n(Cc3ccc(F)cc3)c(=O)[nH]c2s1. The smallest absolute Gasteiger partial charge is 0.298 e. The molecule has 0 fully saturated rings. The Morgan fingerprint density at radius 1 is 1.25 bits per heavy atom. The van der Waals surface area contributed by atoms with E-state index in [9.17, 15) is 14.0 Å². The van der Waals surface area contributed by atoms with Crippen LogP contribution in [-0.2, 0) is 6.54 Å². The highest BCUT2D eigenvalue weighted by molar-refractivity contribution is 7.18. The van der Waals surface area contributed by atoms with E-state index in [0.29, 0.717) is 15.8 Å². The second-order valence-electron chi connectivity index (χ2n) is 4.55. The monoisotopic (exact) mass is 290 g/mol. The molecule has 3 aromatic rings. The van der Waals surface area contributed by atoms with E-state index >= 15 is 0 Å². The third-order valence-electron chi connectivity index (χ3n) is 3.05. The maximum Gasteiger partial charge on any atom is 0.329 e. The fourth-order valence-electron chi connectivity index (χ4n) is 2.08. The van der Waals surface area contributed by atoms with Gasteiger partial charge in [-0.05, 0) is 30.7 Å². The Bertz CT molecular complexity index is 890. The first kappa shape index (κ1) is 12.8. The van der Waals surface area contributed by atoms with Crippen LogP contribution in [0.2, 0.25) is 0 Å². The number of rotatable bonds is 2. The molecular formula is C14H11FN2O2S. The van der Waals surface area contributed by atoms with Crippen LogP contribution >= 0.6 is 11.3 Å². The molecule has 0 spiro atoms. The average molecular weight is 290 g/mol. The molecule has 2 aromatic heterocycles. The summed E-state index contributed by atoms with van der Waals surface area (Å²) in [7, 11) is 0. The summed E-state index contributed by atoms with van der Waals surface area (Å²) in [6.07, 6.45) is 0. The summed E-state index contributed by atoms with van der Waals surface area (Å²) >= 11 is 1.38. The molecule has 0 aliphatic heterocycles. The molecule has 0 amide bonds. The van der Waals surface area contributed by atoms with Crippen LogP contribution in [0.5, 0.6) is 0 Å². The highest BCUT2D eigenvalue weighted by atomic mass is 32.1. The zero-order valence-corrected chi connectivity index (χ0v) is 11.5. The lowest BCUT2D eigenvalue weighted by atomic mass is 10.2. The predicted molar refractivity (Wildman–Crippen MR) is 76.9 cm³/mol. The van der Waals surface area contributed by atoms with Crippen molar-refractivity contribution in [1.82, 2.24) is 9.55 Å². The molecule has 20 heavy (non-hydrogen) atoms. The molecular weight excluding hydrogens is 279 g/mol. The molecule has 0 aliphatic rings. The molecule has 0 bridgehead atoms. The fourth-order valence-corrected chi connectivity index (χ4v) is 2.98. The standard InChI is InChI=1S/C14H11FN2O2S/c1-8-6-11-12(20-8)16-14(19)17(13(11)18)7-9-2-4-10(15)5-3-9/h2-6H,7H2,1H3,(H,16,19). The summed E-state index contributed by atoms with van der Waals surface area (Å²) in [4.78, 5) is 28.5. The zero-order chi connectivity index (χ0) is 14.3. The van der Waals surface area contributed by atoms with Crippen LogP contribution in [0.4, 0.5) is 4.39 Å².